The van der Waals surface area contributed by atoms with Crippen LogP contribution in [0, 0.1) is 0 Å². The van der Waals surface area contributed by atoms with E-state index in [0.29, 0.717) is 30.5 Å². The summed E-state index contributed by atoms with van der Waals surface area (Å²) >= 11 is 11.7. The van der Waals surface area contributed by atoms with Gasteiger partial charge in [-0.1, -0.05) is 23.2 Å². The van der Waals surface area contributed by atoms with Gasteiger partial charge >= 0.3 is 0 Å². The third kappa shape index (κ3) is 2.76. The molecule has 2 amide bonds. The lowest BCUT2D eigenvalue weighted by atomic mass is 10.1. The first-order chi connectivity index (χ1) is 9.06. The number of amides is 2. The number of hydrogen-bond acceptors (Lipinski definition) is 3. The molecule has 19 heavy (non-hydrogen) atoms. The summed E-state index contributed by atoms with van der Waals surface area (Å²) in [5.74, 6) is -0.662. The predicted molar refractivity (Wildman–Crippen MR) is 72.8 cm³/mol. The van der Waals surface area contributed by atoms with Crippen molar-refractivity contribution in [3.63, 3.8) is 0 Å². The fourth-order valence-electron chi connectivity index (χ4n) is 2.05. The van der Waals surface area contributed by atoms with Crippen LogP contribution in [0.3, 0.4) is 0 Å². The zero-order valence-corrected chi connectivity index (χ0v) is 11.7. The standard InChI is InChI=1S/C13H13Cl2NO3/c14-10-6-8-9(7-11(10)15)13(19)16(12(8)18)4-2-1-3-5-17/h6-7,17H,1-5H2. The molecule has 0 aromatic heterocycles. The number of halogens is 2. The quantitative estimate of drug-likeness (QED) is 0.672. The molecule has 1 aliphatic heterocycles. The third-order valence-corrected chi connectivity index (χ3v) is 3.77. The van der Waals surface area contributed by atoms with Crippen molar-refractivity contribution in [2.45, 2.75) is 19.3 Å². The minimum atomic E-state index is -0.331. The Morgan fingerprint density at radius 1 is 0.947 bits per heavy atom. The van der Waals surface area contributed by atoms with Gasteiger partial charge in [0.2, 0.25) is 0 Å². The molecule has 6 heteroatoms. The minimum absolute atomic E-state index is 0.118. The number of fused-ring (bicyclic) bond motifs is 1. The maximum absolute atomic E-state index is 12.1. The van der Waals surface area contributed by atoms with Crippen LogP contribution in [0.5, 0.6) is 0 Å². The van der Waals surface area contributed by atoms with Crippen molar-refractivity contribution in [3.8, 4) is 0 Å². The van der Waals surface area contributed by atoms with E-state index >= 15 is 0 Å². The minimum Gasteiger partial charge on any atom is -0.396 e. The van der Waals surface area contributed by atoms with Gasteiger partial charge < -0.3 is 5.11 Å². The third-order valence-electron chi connectivity index (χ3n) is 3.05. The maximum atomic E-state index is 12.1. The number of rotatable bonds is 5. The van der Waals surface area contributed by atoms with E-state index < -0.39 is 0 Å². The second-order valence-corrected chi connectivity index (χ2v) is 5.17. The number of carbonyl (C=O) groups excluding carboxylic acids is 2. The first kappa shape index (κ1) is 14.3. The zero-order chi connectivity index (χ0) is 14.0. The normalized spacial score (nSPS) is 14.2. The molecule has 0 saturated heterocycles. The number of hydrogen-bond donors (Lipinski definition) is 1. The van der Waals surface area contributed by atoms with E-state index in [9.17, 15) is 9.59 Å². The van der Waals surface area contributed by atoms with Gasteiger partial charge in [-0.05, 0) is 31.4 Å². The van der Waals surface area contributed by atoms with Crippen LogP contribution in [-0.4, -0.2) is 35.0 Å². The Kier molecular flexibility index (Phi) is 4.45. The van der Waals surface area contributed by atoms with Gasteiger partial charge in [-0.2, -0.15) is 0 Å². The predicted octanol–water partition coefficient (Wildman–Crippen LogP) is 2.75. The van der Waals surface area contributed by atoms with E-state index in [1.165, 1.54) is 17.0 Å². The Morgan fingerprint density at radius 2 is 1.47 bits per heavy atom. The number of benzene rings is 1. The molecule has 2 rings (SSSR count). The molecule has 0 bridgehead atoms. The Labute approximate surface area is 120 Å². The SMILES string of the molecule is O=C1c2cc(Cl)c(Cl)cc2C(=O)N1CCCCCO. The Bertz CT molecular complexity index is 490. The van der Waals surface area contributed by atoms with E-state index in [1.807, 2.05) is 0 Å². The summed E-state index contributed by atoms with van der Waals surface area (Å²) in [7, 11) is 0. The van der Waals surface area contributed by atoms with Gasteiger partial charge in [-0.25, -0.2) is 0 Å². The highest BCUT2D eigenvalue weighted by molar-refractivity contribution is 6.43. The van der Waals surface area contributed by atoms with Gasteiger partial charge in [0.25, 0.3) is 11.8 Å². The molecular weight excluding hydrogens is 289 g/mol. The van der Waals surface area contributed by atoms with Crippen molar-refractivity contribution in [1.29, 1.82) is 0 Å². The summed E-state index contributed by atoms with van der Waals surface area (Å²) < 4.78 is 0. The largest absolute Gasteiger partial charge is 0.396 e. The monoisotopic (exact) mass is 301 g/mol. The van der Waals surface area contributed by atoms with Gasteiger partial charge in [0, 0.05) is 13.2 Å². The van der Waals surface area contributed by atoms with Crippen molar-refractivity contribution >= 4 is 35.0 Å². The molecule has 0 spiro atoms. The number of imide groups is 1. The van der Waals surface area contributed by atoms with Crippen molar-refractivity contribution in [1.82, 2.24) is 4.90 Å². The Hall–Kier alpha value is -1.10. The van der Waals surface area contributed by atoms with Crippen LogP contribution in [0.25, 0.3) is 0 Å². The Morgan fingerprint density at radius 3 is 1.95 bits per heavy atom. The van der Waals surface area contributed by atoms with Crippen molar-refractivity contribution in [2.75, 3.05) is 13.2 Å². The first-order valence-corrected chi connectivity index (χ1v) is 6.78. The highest BCUT2D eigenvalue weighted by Gasteiger charge is 2.35. The molecule has 0 atom stereocenters. The highest BCUT2D eigenvalue weighted by Crippen LogP contribution is 2.31. The van der Waals surface area contributed by atoms with Gasteiger partial charge in [-0.15, -0.1) is 0 Å². The van der Waals surface area contributed by atoms with Crippen LogP contribution in [-0.2, 0) is 0 Å². The summed E-state index contributed by atoms with van der Waals surface area (Å²) in [4.78, 5) is 25.4. The lowest BCUT2D eigenvalue weighted by Crippen LogP contribution is -2.30. The summed E-state index contributed by atoms with van der Waals surface area (Å²) in [5, 5.41) is 9.22. The Balaban J connectivity index is 2.15. The number of nitrogens with zero attached hydrogens (tertiary/aromatic N) is 1. The molecule has 0 saturated carbocycles. The highest BCUT2D eigenvalue weighted by atomic mass is 35.5. The zero-order valence-electron chi connectivity index (χ0n) is 10.2. The van der Waals surface area contributed by atoms with Crippen LogP contribution >= 0.6 is 23.2 Å². The van der Waals surface area contributed by atoms with E-state index in [4.69, 9.17) is 28.3 Å². The maximum Gasteiger partial charge on any atom is 0.261 e. The summed E-state index contributed by atoms with van der Waals surface area (Å²) in [6.45, 7) is 0.467. The molecule has 4 nitrogen and oxygen atoms in total. The van der Waals surface area contributed by atoms with Crippen LogP contribution in [0.2, 0.25) is 10.0 Å². The summed E-state index contributed by atoms with van der Waals surface area (Å²) in [6, 6.07) is 2.88. The lowest BCUT2D eigenvalue weighted by Gasteiger charge is -2.12. The molecule has 1 aromatic carbocycles. The van der Waals surface area contributed by atoms with E-state index in [2.05, 4.69) is 0 Å². The number of aliphatic hydroxyl groups excluding tert-OH is 1. The van der Waals surface area contributed by atoms with Crippen LogP contribution in [0.15, 0.2) is 12.1 Å². The fraction of sp³-hybridized carbons (Fsp3) is 0.385. The molecule has 1 aromatic rings. The number of carbonyl (C=O) groups is 2. The van der Waals surface area contributed by atoms with Gasteiger partial charge in [0.05, 0.1) is 21.2 Å². The van der Waals surface area contributed by atoms with Crippen molar-refractivity contribution < 1.29 is 14.7 Å². The number of aliphatic hydroxyl groups is 1. The molecule has 102 valence electrons. The van der Waals surface area contributed by atoms with Crippen LogP contribution < -0.4 is 0 Å². The second kappa shape index (κ2) is 5.90. The molecule has 0 fully saturated rings. The van der Waals surface area contributed by atoms with Crippen LogP contribution in [0.1, 0.15) is 40.0 Å². The van der Waals surface area contributed by atoms with Crippen LogP contribution in [0.4, 0.5) is 0 Å². The number of unbranched alkanes of at least 4 members (excludes halogenated alkanes) is 2. The summed E-state index contributed by atoms with van der Waals surface area (Å²) in [5.41, 5.74) is 0.614. The molecular formula is C13H13Cl2NO3. The molecule has 0 radical (unpaired) electrons. The van der Waals surface area contributed by atoms with Gasteiger partial charge in [0.1, 0.15) is 0 Å². The summed E-state index contributed by atoms with van der Waals surface area (Å²) in [6.07, 6.45) is 2.11. The van der Waals surface area contributed by atoms with Crippen molar-refractivity contribution in [2.24, 2.45) is 0 Å². The van der Waals surface area contributed by atoms with Gasteiger partial charge in [-0.3, -0.25) is 14.5 Å². The van der Waals surface area contributed by atoms with Gasteiger partial charge in [0.15, 0.2) is 0 Å². The first-order valence-electron chi connectivity index (χ1n) is 6.02. The van der Waals surface area contributed by atoms with Crippen molar-refractivity contribution in [3.05, 3.63) is 33.3 Å². The van der Waals surface area contributed by atoms with E-state index in [0.717, 1.165) is 6.42 Å². The molecule has 1 heterocycles. The average Bonchev–Trinajstić information content (AvgIpc) is 2.60. The molecule has 0 unspecified atom stereocenters. The molecule has 1 N–H and O–H groups in total. The average molecular weight is 302 g/mol. The fourth-order valence-corrected chi connectivity index (χ4v) is 2.37. The van der Waals surface area contributed by atoms with E-state index in [-0.39, 0.29) is 28.5 Å². The molecule has 0 aliphatic carbocycles. The molecule has 1 aliphatic rings. The topological polar surface area (TPSA) is 57.6 Å². The van der Waals surface area contributed by atoms with E-state index in [1.54, 1.807) is 0 Å². The lowest BCUT2D eigenvalue weighted by molar-refractivity contribution is 0.0651. The second-order valence-electron chi connectivity index (χ2n) is 4.36. The smallest absolute Gasteiger partial charge is 0.261 e.